The molecule has 3 rings (SSSR count). The van der Waals surface area contributed by atoms with Crippen molar-refractivity contribution in [3.05, 3.63) is 35.4 Å². The van der Waals surface area contributed by atoms with E-state index in [1.807, 2.05) is 13.8 Å². The van der Waals surface area contributed by atoms with Crippen LogP contribution in [-0.2, 0) is 0 Å². The molecule has 2 unspecified atom stereocenters. The second kappa shape index (κ2) is 8.21. The highest BCUT2D eigenvalue weighted by Crippen LogP contribution is 2.39. The zero-order valence-electron chi connectivity index (χ0n) is 15.9. The maximum absolute atomic E-state index is 12.7. The third kappa shape index (κ3) is 3.93. The van der Waals surface area contributed by atoms with Gasteiger partial charge >= 0.3 is 0 Å². The predicted molar refractivity (Wildman–Crippen MR) is 103 cm³/mol. The highest BCUT2D eigenvalue weighted by Gasteiger charge is 2.39. The summed E-state index contributed by atoms with van der Waals surface area (Å²) in [6.07, 6.45) is 5.59. The summed E-state index contributed by atoms with van der Waals surface area (Å²) in [5, 5.41) is 3.26. The van der Waals surface area contributed by atoms with Crippen LogP contribution in [0.5, 0.6) is 0 Å². The van der Waals surface area contributed by atoms with Crippen LogP contribution in [0.25, 0.3) is 0 Å². The lowest BCUT2D eigenvalue weighted by Crippen LogP contribution is -2.53. The highest BCUT2D eigenvalue weighted by molar-refractivity contribution is 5.98. The Kier molecular flexibility index (Phi) is 5.97. The maximum atomic E-state index is 12.7. The van der Waals surface area contributed by atoms with Gasteiger partial charge in [0.2, 0.25) is 0 Å². The first-order chi connectivity index (χ1) is 12.5. The molecule has 2 bridgehead atoms. The summed E-state index contributed by atoms with van der Waals surface area (Å²) < 4.78 is 0. The molecule has 0 spiro atoms. The number of nitrogens with two attached hydrogens (primary N) is 1. The molecule has 5 heteroatoms. The molecule has 0 saturated heterocycles. The number of hydrogen-bond donors (Lipinski definition) is 2. The second-order valence-electron chi connectivity index (χ2n) is 7.74. The highest BCUT2D eigenvalue weighted by atomic mass is 16.2. The van der Waals surface area contributed by atoms with Gasteiger partial charge in [-0.25, -0.2) is 0 Å². The van der Waals surface area contributed by atoms with Gasteiger partial charge in [-0.3, -0.25) is 9.59 Å². The molecular formula is C21H31N3O2. The summed E-state index contributed by atoms with van der Waals surface area (Å²) in [6.45, 7) is 5.31. The third-order valence-electron chi connectivity index (χ3n) is 6.12. The average Bonchev–Trinajstić information content (AvgIpc) is 2.63. The molecule has 0 aliphatic heterocycles. The molecule has 26 heavy (non-hydrogen) atoms. The van der Waals surface area contributed by atoms with Crippen LogP contribution < -0.4 is 11.1 Å². The Hall–Kier alpha value is -1.88. The number of carbonyl (C=O) groups is 2. The summed E-state index contributed by atoms with van der Waals surface area (Å²) in [4.78, 5) is 26.9. The Morgan fingerprint density at radius 2 is 1.58 bits per heavy atom. The van der Waals surface area contributed by atoms with Gasteiger partial charge in [0.15, 0.2) is 0 Å². The Bertz CT molecular complexity index is 625. The van der Waals surface area contributed by atoms with Crippen LogP contribution >= 0.6 is 0 Å². The fraction of sp³-hybridized carbons (Fsp3) is 0.619. The average molecular weight is 357 g/mol. The first-order valence-corrected chi connectivity index (χ1v) is 9.99. The predicted octanol–water partition coefficient (Wildman–Crippen LogP) is 2.80. The molecule has 3 N–H and O–H groups in total. The molecule has 1 aromatic carbocycles. The van der Waals surface area contributed by atoms with Crippen molar-refractivity contribution in [2.45, 2.75) is 58.0 Å². The molecule has 0 heterocycles. The molecule has 0 aromatic heterocycles. The lowest BCUT2D eigenvalue weighted by molar-refractivity contribution is 0.0751. The van der Waals surface area contributed by atoms with Crippen LogP contribution in [0.15, 0.2) is 24.3 Å². The van der Waals surface area contributed by atoms with E-state index in [-0.39, 0.29) is 23.9 Å². The number of benzene rings is 1. The first kappa shape index (κ1) is 18.9. The van der Waals surface area contributed by atoms with Gasteiger partial charge in [0, 0.05) is 36.3 Å². The van der Waals surface area contributed by atoms with Gasteiger partial charge in [-0.05, 0) is 75.6 Å². The van der Waals surface area contributed by atoms with E-state index in [0.717, 1.165) is 25.7 Å². The molecule has 2 atom stereocenters. The molecule has 2 aliphatic carbocycles. The molecule has 5 nitrogen and oxygen atoms in total. The van der Waals surface area contributed by atoms with Gasteiger partial charge in [0.1, 0.15) is 0 Å². The number of amides is 2. The van der Waals surface area contributed by atoms with E-state index >= 15 is 0 Å². The van der Waals surface area contributed by atoms with Gasteiger partial charge in [0.25, 0.3) is 11.8 Å². The molecule has 142 valence electrons. The van der Waals surface area contributed by atoms with Crippen molar-refractivity contribution in [3.63, 3.8) is 0 Å². The zero-order valence-corrected chi connectivity index (χ0v) is 15.9. The Labute approximate surface area is 156 Å². The van der Waals surface area contributed by atoms with Crippen molar-refractivity contribution in [2.75, 3.05) is 13.1 Å². The second-order valence-corrected chi connectivity index (χ2v) is 7.74. The van der Waals surface area contributed by atoms with Gasteiger partial charge in [-0.1, -0.05) is 6.42 Å². The molecule has 2 amide bonds. The van der Waals surface area contributed by atoms with Gasteiger partial charge < -0.3 is 16.0 Å². The largest absolute Gasteiger partial charge is 0.349 e. The van der Waals surface area contributed by atoms with E-state index in [4.69, 9.17) is 5.73 Å². The van der Waals surface area contributed by atoms with Crippen LogP contribution in [0.3, 0.4) is 0 Å². The SMILES string of the molecule is CCN(CC)C(=O)c1ccc(C(=O)NC2C3CCCC2CC(N)C3)cc1. The first-order valence-electron chi connectivity index (χ1n) is 9.99. The maximum Gasteiger partial charge on any atom is 0.253 e. The van der Waals surface area contributed by atoms with Crippen molar-refractivity contribution < 1.29 is 9.59 Å². The number of nitrogens with one attached hydrogen (secondary N) is 1. The Balaban J connectivity index is 1.66. The number of hydrogen-bond acceptors (Lipinski definition) is 3. The monoisotopic (exact) mass is 357 g/mol. The minimum atomic E-state index is -0.0378. The van der Waals surface area contributed by atoms with Crippen molar-refractivity contribution >= 4 is 11.8 Å². The third-order valence-corrected chi connectivity index (χ3v) is 6.12. The van der Waals surface area contributed by atoms with E-state index in [0.29, 0.717) is 36.1 Å². The van der Waals surface area contributed by atoms with Crippen molar-refractivity contribution in [2.24, 2.45) is 17.6 Å². The number of fused-ring (bicyclic) bond motifs is 2. The van der Waals surface area contributed by atoms with E-state index < -0.39 is 0 Å². The normalized spacial score (nSPS) is 27.7. The van der Waals surface area contributed by atoms with E-state index in [1.165, 1.54) is 6.42 Å². The minimum Gasteiger partial charge on any atom is -0.349 e. The summed E-state index contributed by atoms with van der Waals surface area (Å²) >= 11 is 0. The number of nitrogens with zero attached hydrogens (tertiary/aromatic N) is 1. The number of carbonyl (C=O) groups excluding carboxylic acids is 2. The molecular weight excluding hydrogens is 326 g/mol. The molecule has 2 fully saturated rings. The quantitative estimate of drug-likeness (QED) is 0.851. The van der Waals surface area contributed by atoms with Gasteiger partial charge in [-0.2, -0.15) is 0 Å². The van der Waals surface area contributed by atoms with Crippen LogP contribution in [0.2, 0.25) is 0 Å². The van der Waals surface area contributed by atoms with Crippen LogP contribution in [-0.4, -0.2) is 41.9 Å². The molecule has 0 radical (unpaired) electrons. The fourth-order valence-corrected chi connectivity index (χ4v) is 4.72. The zero-order chi connectivity index (χ0) is 18.7. The molecule has 2 aliphatic rings. The lowest BCUT2D eigenvalue weighted by atomic mass is 9.67. The Morgan fingerprint density at radius 1 is 1.04 bits per heavy atom. The summed E-state index contributed by atoms with van der Waals surface area (Å²) in [6, 6.07) is 7.56. The van der Waals surface area contributed by atoms with Crippen LogP contribution in [0.1, 0.15) is 66.7 Å². The van der Waals surface area contributed by atoms with E-state index in [2.05, 4.69) is 5.32 Å². The topological polar surface area (TPSA) is 75.4 Å². The standard InChI is InChI=1S/C21H31N3O2/c1-3-24(4-2)21(26)15-10-8-14(9-11-15)20(25)23-19-16-6-5-7-17(19)13-18(22)12-16/h8-11,16-19H,3-7,12-13,22H2,1-2H3,(H,23,25). The lowest BCUT2D eigenvalue weighted by Gasteiger charge is -2.45. The van der Waals surface area contributed by atoms with Gasteiger partial charge in [-0.15, -0.1) is 0 Å². The minimum absolute atomic E-state index is 0.0118. The Morgan fingerprint density at radius 3 is 2.12 bits per heavy atom. The summed E-state index contributed by atoms with van der Waals surface area (Å²) in [7, 11) is 0. The van der Waals surface area contributed by atoms with Gasteiger partial charge in [0.05, 0.1) is 0 Å². The molecule has 2 saturated carbocycles. The van der Waals surface area contributed by atoms with Crippen LogP contribution in [0, 0.1) is 11.8 Å². The smallest absolute Gasteiger partial charge is 0.253 e. The van der Waals surface area contributed by atoms with Crippen LogP contribution in [0.4, 0.5) is 0 Å². The van der Waals surface area contributed by atoms with E-state index in [9.17, 15) is 9.59 Å². The molecule has 1 aromatic rings. The number of rotatable bonds is 5. The fourth-order valence-electron chi connectivity index (χ4n) is 4.72. The van der Waals surface area contributed by atoms with E-state index in [1.54, 1.807) is 29.2 Å². The van der Waals surface area contributed by atoms with Crippen molar-refractivity contribution in [1.29, 1.82) is 0 Å². The summed E-state index contributed by atoms with van der Waals surface area (Å²) in [5.41, 5.74) is 7.42. The summed E-state index contributed by atoms with van der Waals surface area (Å²) in [5.74, 6) is 0.983. The van der Waals surface area contributed by atoms with Crippen molar-refractivity contribution in [3.8, 4) is 0 Å². The van der Waals surface area contributed by atoms with Crippen molar-refractivity contribution in [1.82, 2.24) is 10.2 Å².